The van der Waals surface area contributed by atoms with Gasteiger partial charge in [0.1, 0.15) is 0 Å². The minimum Gasteiger partial charge on any atom is -0.412 e. The Balaban J connectivity index is -0.00000000167. The van der Waals surface area contributed by atoms with Crippen LogP contribution in [0.5, 0.6) is 0 Å². The highest BCUT2D eigenvalue weighted by Gasteiger charge is 1.00. The third-order valence-electron chi connectivity index (χ3n) is 0. The van der Waals surface area contributed by atoms with Crippen LogP contribution in [0.4, 0.5) is 0 Å². The summed E-state index contributed by atoms with van der Waals surface area (Å²) in [5.41, 5.74) is 0. The van der Waals surface area contributed by atoms with Gasteiger partial charge in [-0.25, -0.2) is 0 Å². The molecule has 0 spiro atoms. The molecular formula is H6I2O3. The van der Waals surface area contributed by atoms with Crippen molar-refractivity contribution in [1.29, 1.82) is 0 Å². The van der Waals surface area contributed by atoms with E-state index >= 15 is 0 Å². The van der Waals surface area contributed by atoms with Crippen molar-refractivity contribution in [2.45, 2.75) is 0 Å². The highest BCUT2D eigenvalue weighted by atomic mass is 128. The first-order valence-corrected chi connectivity index (χ1v) is 6.43. The Morgan fingerprint density at radius 1 is 0.600 bits per heavy atom. The molecule has 38 valence electrons. The van der Waals surface area contributed by atoms with E-state index < -0.39 is 0 Å². The molecule has 5 heavy (non-hydrogen) atoms. The summed E-state index contributed by atoms with van der Waals surface area (Å²) < 4.78 is 0. The summed E-state index contributed by atoms with van der Waals surface area (Å²) in [5.74, 6) is 0. The van der Waals surface area contributed by atoms with Crippen molar-refractivity contribution in [3.63, 3.8) is 0 Å². The molecule has 0 bridgehead atoms. The number of hydrogen-bond acceptors (Lipinski definition) is 0. The SMILES string of the molecule is II.O.O.O. The normalized spacial score (nSPS) is 1.20. The highest BCUT2D eigenvalue weighted by molar-refractivity contribution is 15.0. The third kappa shape index (κ3) is 33.2. The number of halogens is 2. The monoisotopic (exact) mass is 308 g/mol. The molecule has 0 saturated heterocycles. The maximum atomic E-state index is 2.12. The fourth-order valence-electron chi connectivity index (χ4n) is 0. The van der Waals surface area contributed by atoms with Gasteiger partial charge in [-0.1, -0.05) is 0 Å². The summed E-state index contributed by atoms with van der Waals surface area (Å²) in [6.45, 7) is 0. The van der Waals surface area contributed by atoms with Crippen LogP contribution in [0.15, 0.2) is 0 Å². The van der Waals surface area contributed by atoms with Crippen LogP contribution in [-0.4, -0.2) is 16.4 Å². The lowest BCUT2D eigenvalue weighted by Gasteiger charge is -1.000. The van der Waals surface area contributed by atoms with Gasteiger partial charge in [0, 0.05) is 37.2 Å². The van der Waals surface area contributed by atoms with Crippen LogP contribution in [0, 0.1) is 0 Å². The summed E-state index contributed by atoms with van der Waals surface area (Å²) in [4.78, 5) is 0. The van der Waals surface area contributed by atoms with Gasteiger partial charge < -0.3 is 16.4 Å². The fourth-order valence-corrected chi connectivity index (χ4v) is 0. The van der Waals surface area contributed by atoms with Gasteiger partial charge in [0.15, 0.2) is 0 Å². The summed E-state index contributed by atoms with van der Waals surface area (Å²) >= 11 is 4.24. The molecule has 0 fully saturated rings. The average molecular weight is 308 g/mol. The second-order valence-electron chi connectivity index (χ2n) is 0. The molecule has 0 aromatic heterocycles. The predicted octanol–water partition coefficient (Wildman–Crippen LogP) is -0.703. The van der Waals surface area contributed by atoms with E-state index in [4.69, 9.17) is 0 Å². The van der Waals surface area contributed by atoms with Crippen molar-refractivity contribution >= 4 is 37.2 Å². The summed E-state index contributed by atoms with van der Waals surface area (Å²) in [6.07, 6.45) is 0. The van der Waals surface area contributed by atoms with E-state index in [1.807, 2.05) is 0 Å². The van der Waals surface area contributed by atoms with E-state index in [0.717, 1.165) is 0 Å². The van der Waals surface area contributed by atoms with E-state index in [1.54, 1.807) is 0 Å². The van der Waals surface area contributed by atoms with Crippen LogP contribution in [-0.2, 0) is 0 Å². The van der Waals surface area contributed by atoms with Crippen molar-refractivity contribution in [3.05, 3.63) is 0 Å². The van der Waals surface area contributed by atoms with Crippen LogP contribution in [0.1, 0.15) is 0 Å². The maximum absolute atomic E-state index is 2.12. The Morgan fingerprint density at radius 2 is 0.600 bits per heavy atom. The highest BCUT2D eigenvalue weighted by Crippen LogP contribution is 1.89. The van der Waals surface area contributed by atoms with E-state index in [2.05, 4.69) is 37.2 Å². The van der Waals surface area contributed by atoms with E-state index in [0.29, 0.717) is 0 Å². The van der Waals surface area contributed by atoms with Gasteiger partial charge in [0.2, 0.25) is 0 Å². The fraction of sp³-hybridized carbons (Fsp3) is 0. The van der Waals surface area contributed by atoms with Gasteiger partial charge in [-0.2, -0.15) is 0 Å². The maximum Gasteiger partial charge on any atom is 0 e. The molecule has 0 aromatic rings. The Labute approximate surface area is 53.4 Å². The van der Waals surface area contributed by atoms with Crippen molar-refractivity contribution < 1.29 is 16.4 Å². The van der Waals surface area contributed by atoms with Gasteiger partial charge in [-0.05, 0) is 0 Å². The Hall–Kier alpha value is 1.34. The molecular weight excluding hydrogens is 302 g/mol. The first-order valence-electron chi connectivity index (χ1n) is 0.143. The lowest BCUT2D eigenvalue weighted by molar-refractivity contribution is 0.823. The Bertz CT molecular complexity index is 4.85. The lowest BCUT2D eigenvalue weighted by Crippen LogP contribution is -0.290. The standard InChI is InChI=1S/I2.3H2O/c1-2;;;/h;3*1H2. The van der Waals surface area contributed by atoms with Gasteiger partial charge in [0.25, 0.3) is 0 Å². The number of hydrogen-bond donors (Lipinski definition) is 0. The van der Waals surface area contributed by atoms with Crippen molar-refractivity contribution in [2.24, 2.45) is 0 Å². The molecule has 0 aliphatic heterocycles. The molecule has 0 aliphatic carbocycles. The van der Waals surface area contributed by atoms with Crippen LogP contribution in [0.3, 0.4) is 0 Å². The molecule has 0 saturated carbocycles. The van der Waals surface area contributed by atoms with Crippen LogP contribution in [0.2, 0.25) is 0 Å². The van der Waals surface area contributed by atoms with E-state index in [1.165, 1.54) is 0 Å². The molecule has 6 N–H and O–H groups in total. The number of rotatable bonds is 0. The van der Waals surface area contributed by atoms with Crippen molar-refractivity contribution in [3.8, 4) is 0 Å². The van der Waals surface area contributed by atoms with Gasteiger partial charge >= 0.3 is 0 Å². The average Bonchev–Trinajstić information content (AvgIpc) is 1.00. The zero-order chi connectivity index (χ0) is 2.00. The second kappa shape index (κ2) is 56.0. The van der Waals surface area contributed by atoms with Crippen molar-refractivity contribution in [1.82, 2.24) is 0 Å². The molecule has 0 amide bonds. The molecule has 0 heterocycles. The Morgan fingerprint density at radius 3 is 0.600 bits per heavy atom. The predicted molar refractivity (Wildman–Crippen MR) is 38.9 cm³/mol. The minimum absolute atomic E-state index is 0. The molecule has 0 aliphatic rings. The molecule has 0 radical (unpaired) electrons. The zero-order valence-electron chi connectivity index (χ0n) is 2.26. The summed E-state index contributed by atoms with van der Waals surface area (Å²) in [7, 11) is 0. The molecule has 0 unspecified atom stereocenters. The topological polar surface area (TPSA) is 94.5 Å². The third-order valence-corrected chi connectivity index (χ3v) is 0. The van der Waals surface area contributed by atoms with Crippen LogP contribution >= 0.6 is 37.2 Å². The molecule has 0 aromatic carbocycles. The van der Waals surface area contributed by atoms with E-state index in [-0.39, 0.29) is 16.4 Å². The van der Waals surface area contributed by atoms with Crippen LogP contribution in [0.25, 0.3) is 0 Å². The summed E-state index contributed by atoms with van der Waals surface area (Å²) in [6, 6.07) is 0. The largest absolute Gasteiger partial charge is 0.412 e. The zero-order valence-corrected chi connectivity index (χ0v) is 6.57. The first kappa shape index (κ1) is 33.0. The van der Waals surface area contributed by atoms with Crippen LogP contribution < -0.4 is 0 Å². The van der Waals surface area contributed by atoms with Gasteiger partial charge in [0.05, 0.1) is 0 Å². The van der Waals surface area contributed by atoms with Gasteiger partial charge in [-0.3, -0.25) is 0 Å². The Kier molecular flexibility index (Phi) is 370. The molecule has 0 rings (SSSR count). The first-order chi connectivity index (χ1) is 1.00. The lowest BCUT2D eigenvalue weighted by atomic mass is 16.0. The second-order valence-corrected chi connectivity index (χ2v) is 0. The summed E-state index contributed by atoms with van der Waals surface area (Å²) in [5, 5.41) is 0. The smallest absolute Gasteiger partial charge is 0 e. The molecule has 0 atom stereocenters. The molecule has 3 nitrogen and oxygen atoms in total. The van der Waals surface area contributed by atoms with E-state index in [9.17, 15) is 0 Å². The quantitative estimate of drug-likeness (QED) is 0.529. The van der Waals surface area contributed by atoms with Crippen molar-refractivity contribution in [2.75, 3.05) is 0 Å². The molecule has 5 heteroatoms. The van der Waals surface area contributed by atoms with Gasteiger partial charge in [-0.15, -0.1) is 0 Å². The minimum atomic E-state index is 0.